The first-order chi connectivity index (χ1) is 62.6. The smallest absolute Gasteiger partial charge is 0.224 e. The van der Waals surface area contributed by atoms with Crippen LogP contribution in [0.3, 0.4) is 0 Å². The van der Waals surface area contributed by atoms with Gasteiger partial charge in [-0.1, -0.05) is 230 Å². The summed E-state index contributed by atoms with van der Waals surface area (Å²) in [5, 5.41) is 17.8. The molecule has 0 aromatic heterocycles. The number of nitrogens with one attached hydrogen (secondary N) is 6. The van der Waals surface area contributed by atoms with Crippen molar-refractivity contribution >= 4 is 120 Å². The second kappa shape index (κ2) is 54.4. The van der Waals surface area contributed by atoms with Crippen LogP contribution in [-0.2, 0) is 68.4 Å². The molecule has 0 aliphatic rings. The Hall–Kier alpha value is -12.3. The fraction of sp³-hybridized carbons (Fsp3) is 0.284. The maximum atomic E-state index is 14.0. The van der Waals surface area contributed by atoms with Gasteiger partial charge in [0.05, 0.1) is 5.69 Å². The summed E-state index contributed by atoms with van der Waals surface area (Å²) < 4.78 is 51.4. The minimum Gasteiger partial charge on any atom is -0.489 e. The van der Waals surface area contributed by atoms with Crippen LogP contribution in [0, 0.1) is 99.4 Å². The molecular formula is C109H124BrClFIN6O12. The van der Waals surface area contributed by atoms with E-state index >= 15 is 0 Å². The van der Waals surface area contributed by atoms with Crippen LogP contribution < -0.4 is 60.3 Å². The molecule has 0 aliphatic heterocycles. The molecule has 0 heterocycles. The summed E-state index contributed by atoms with van der Waals surface area (Å²) in [5.74, 6) is 4.44. The molecular weight excluding hydrogens is 1850 g/mol. The van der Waals surface area contributed by atoms with Gasteiger partial charge in [-0.2, -0.15) is 0 Å². The van der Waals surface area contributed by atoms with Gasteiger partial charge in [-0.15, -0.1) is 0 Å². The van der Waals surface area contributed by atoms with E-state index < -0.39 is 5.82 Å². The molecule has 0 spiro atoms. The van der Waals surface area contributed by atoms with Gasteiger partial charge in [0.25, 0.3) is 0 Å². The van der Waals surface area contributed by atoms with Gasteiger partial charge < -0.3 is 60.3 Å². The average molecular weight is 1970 g/mol. The number of para-hydroxylation sites is 1. The number of carbonyl (C=O) groups is 6. The molecule has 690 valence electrons. The van der Waals surface area contributed by atoms with Crippen molar-refractivity contribution in [1.29, 1.82) is 0 Å². The number of amides is 6. The molecule has 6 amide bonds. The third kappa shape index (κ3) is 34.8. The van der Waals surface area contributed by atoms with Crippen LogP contribution in [-0.4, -0.2) is 35.4 Å². The second-order valence-corrected chi connectivity index (χ2v) is 34.0. The van der Waals surface area contributed by atoms with E-state index in [1.54, 1.807) is 25.1 Å². The quantitative estimate of drug-likeness (QED) is 0.0231. The van der Waals surface area contributed by atoms with Gasteiger partial charge in [-0.25, -0.2) is 4.39 Å². The van der Waals surface area contributed by atoms with Gasteiger partial charge in [0.2, 0.25) is 35.4 Å². The first-order valence-electron chi connectivity index (χ1n) is 43.9. The van der Waals surface area contributed by atoms with Gasteiger partial charge in [-0.05, 0) is 249 Å². The molecule has 22 heteroatoms. The first-order valence-corrected chi connectivity index (χ1v) is 46.1. The highest BCUT2D eigenvalue weighted by Gasteiger charge is 2.19. The molecule has 0 unspecified atom stereocenters. The van der Waals surface area contributed by atoms with Crippen molar-refractivity contribution in [1.82, 2.24) is 0 Å². The highest BCUT2D eigenvalue weighted by molar-refractivity contribution is 14.1. The molecule has 12 rings (SSSR count). The lowest BCUT2D eigenvalue weighted by Crippen LogP contribution is -2.13. The molecule has 0 aliphatic carbocycles. The SMILES string of the molecule is CCC(=O)Nc1cccc(Br)c1COc1ccc(C)cc1C.CCC(=O)Nc1cccc(C)c1COc1ccc(C)cc1C.CCC(=O)Nc1cccc(Cl)c1COc1ccc(C)cc1C.CCC(=O)Nc1cccc(F)c1COc1ccc(C)cc1C.CCC(=O)Nc1cccc(I)c1COc1ccc(C)cc1C.CCC(=O)Nc1ccccc1COc1ccc(C)cc1C. The van der Waals surface area contributed by atoms with E-state index in [-0.39, 0.29) is 42.0 Å². The van der Waals surface area contributed by atoms with Crippen molar-refractivity contribution in [3.63, 3.8) is 0 Å². The monoisotopic (exact) mass is 1970 g/mol. The fourth-order valence-corrected chi connectivity index (χ4v) is 14.5. The maximum Gasteiger partial charge on any atom is 0.224 e. The van der Waals surface area contributed by atoms with Crippen LogP contribution in [0.2, 0.25) is 5.02 Å². The molecule has 0 bridgehead atoms. The maximum absolute atomic E-state index is 14.0. The fourth-order valence-electron chi connectivity index (χ4n) is 13.2. The zero-order valence-corrected chi connectivity index (χ0v) is 83.3. The van der Waals surface area contributed by atoms with Crippen molar-refractivity contribution < 1.29 is 61.6 Å². The summed E-state index contributed by atoms with van der Waals surface area (Å²) in [7, 11) is 0. The van der Waals surface area contributed by atoms with Crippen LogP contribution in [0.25, 0.3) is 0 Å². The Morgan fingerprint density at radius 2 is 0.542 bits per heavy atom. The highest BCUT2D eigenvalue weighted by Crippen LogP contribution is 2.34. The second-order valence-electron chi connectivity index (χ2n) is 31.6. The summed E-state index contributed by atoms with van der Waals surface area (Å²) >= 11 is 12.1. The molecule has 0 fully saturated rings. The van der Waals surface area contributed by atoms with Crippen LogP contribution in [0.4, 0.5) is 38.5 Å². The van der Waals surface area contributed by atoms with Crippen LogP contribution in [0.15, 0.2) is 229 Å². The van der Waals surface area contributed by atoms with E-state index in [4.69, 9.17) is 40.0 Å². The zero-order chi connectivity index (χ0) is 95.8. The van der Waals surface area contributed by atoms with Gasteiger partial charge in [0, 0.05) is 113 Å². The predicted molar refractivity (Wildman–Crippen MR) is 544 cm³/mol. The van der Waals surface area contributed by atoms with Crippen molar-refractivity contribution in [2.24, 2.45) is 0 Å². The van der Waals surface area contributed by atoms with Crippen molar-refractivity contribution in [3.8, 4) is 34.5 Å². The van der Waals surface area contributed by atoms with E-state index in [1.165, 1.54) is 33.9 Å². The zero-order valence-electron chi connectivity index (χ0n) is 78.8. The Morgan fingerprint density at radius 1 is 0.282 bits per heavy atom. The molecule has 0 radical (unpaired) electrons. The van der Waals surface area contributed by atoms with E-state index in [9.17, 15) is 33.2 Å². The summed E-state index contributed by atoms with van der Waals surface area (Å²) in [5.41, 5.74) is 24.3. The number of anilines is 6. The summed E-state index contributed by atoms with van der Waals surface area (Å²) in [6, 6.07) is 71.6. The lowest BCUT2D eigenvalue weighted by Gasteiger charge is -2.15. The minimum absolute atomic E-state index is 0.00830. The summed E-state index contributed by atoms with van der Waals surface area (Å²) in [6.07, 6.45) is 2.60. The van der Waals surface area contributed by atoms with Gasteiger partial charge >= 0.3 is 0 Å². The topological polar surface area (TPSA) is 230 Å². The van der Waals surface area contributed by atoms with Crippen molar-refractivity contribution in [3.05, 3.63) is 349 Å². The van der Waals surface area contributed by atoms with Gasteiger partial charge in [-0.3, -0.25) is 28.8 Å². The largest absolute Gasteiger partial charge is 0.489 e. The Bertz CT molecular complexity index is 5190. The highest BCUT2D eigenvalue weighted by atomic mass is 127. The standard InChI is InChI=1S/C19H23NO2.C18H20BrNO2.C18H20ClNO2.C18H20FNO2.C18H20INO2.C18H21NO2/c1-5-19(21)20-17-8-6-7-14(3)16(17)12-22-18-10-9-13(2)11-15(18)4;4*1-4-18(21)20-16-7-5-6-15(19)14(16)11-22-17-9-8-12(2)10-13(17)3;1-4-18(20)19-16-8-6-5-7-15(16)12-21-17-10-9-13(2)11-14(17)3/h6-11H,5,12H2,1-4H3,(H,20,21);4*5-10H,4,11H2,1-3H3,(H,20,21);5-11H,4,12H2,1-3H3,(H,19,20). The molecule has 0 saturated heterocycles. The molecule has 18 nitrogen and oxygen atoms in total. The van der Waals surface area contributed by atoms with Gasteiger partial charge in [0.15, 0.2) is 0 Å². The van der Waals surface area contributed by atoms with E-state index in [0.29, 0.717) is 99.3 Å². The average Bonchev–Trinajstić information content (AvgIpc) is 0.849. The van der Waals surface area contributed by atoms with E-state index in [0.717, 1.165) is 132 Å². The van der Waals surface area contributed by atoms with E-state index in [2.05, 4.69) is 128 Å². The predicted octanol–water partition coefficient (Wildman–Crippen LogP) is 27.9. The molecule has 0 saturated carbocycles. The lowest BCUT2D eigenvalue weighted by atomic mass is 10.1. The number of aryl methyl sites for hydroxylation is 13. The Labute approximate surface area is 800 Å². The molecule has 6 N–H and O–H groups in total. The lowest BCUT2D eigenvalue weighted by molar-refractivity contribution is -0.116. The number of rotatable bonds is 30. The molecule has 12 aromatic carbocycles. The van der Waals surface area contributed by atoms with Gasteiger partial charge in [0.1, 0.15) is 80.0 Å². The molecule has 12 aromatic rings. The first kappa shape index (κ1) is 106. The van der Waals surface area contributed by atoms with Crippen molar-refractivity contribution in [2.75, 3.05) is 31.9 Å². The number of halogens is 4. The number of hydrogen-bond acceptors (Lipinski definition) is 12. The molecule has 131 heavy (non-hydrogen) atoms. The third-order valence-electron chi connectivity index (χ3n) is 20.7. The third-order valence-corrected chi connectivity index (χ3v) is 22.8. The Kier molecular flexibility index (Phi) is 43.9. The van der Waals surface area contributed by atoms with E-state index in [1.807, 2.05) is 267 Å². The van der Waals surface area contributed by atoms with Crippen LogP contribution in [0.5, 0.6) is 34.5 Å². The molecule has 0 atom stereocenters. The number of hydrogen-bond donors (Lipinski definition) is 6. The summed E-state index contributed by atoms with van der Waals surface area (Å²) in [4.78, 5) is 69.7. The number of benzene rings is 12. The summed E-state index contributed by atoms with van der Waals surface area (Å²) in [6.45, 7) is 39.4. The van der Waals surface area contributed by atoms with Crippen molar-refractivity contribution in [2.45, 2.75) is 210 Å². The minimum atomic E-state index is -0.390. The number of ether oxygens (including phenoxy) is 6. The van der Waals surface area contributed by atoms with Crippen LogP contribution in [0.1, 0.15) is 186 Å². The Balaban J connectivity index is 0.000000215. The number of carbonyl (C=O) groups excluding carboxylic acids is 6. The van der Waals surface area contributed by atoms with Crippen LogP contribution >= 0.6 is 50.1 Å². The normalized spacial score (nSPS) is 10.3. The Morgan fingerprint density at radius 3 is 0.908 bits per heavy atom.